The molecule has 8 nitrogen and oxygen atoms in total. The number of nitrogens with zero attached hydrogens (tertiary/aromatic N) is 3. The Labute approximate surface area is 152 Å². The standard InChI is InChI=1S/C10H12N2O3.C6H4BrNO2/c13-10(14)8-2-1-3-11-9(8)12-4-6-15-7-5-12;7-5-4(6(9)10)2-1-3-8-5/h1-3H,4-7H2,(H,13,14);1-3H,(H,9,10). The molecule has 3 heterocycles. The van der Waals surface area contributed by atoms with E-state index in [9.17, 15) is 9.59 Å². The van der Waals surface area contributed by atoms with Gasteiger partial charge in [0.2, 0.25) is 0 Å². The number of carbonyl (C=O) groups is 2. The van der Waals surface area contributed by atoms with Gasteiger partial charge in [0.15, 0.2) is 0 Å². The molecule has 1 aliphatic rings. The molecular weight excluding hydrogens is 394 g/mol. The number of pyridine rings is 2. The van der Waals surface area contributed by atoms with Crippen molar-refractivity contribution in [3.8, 4) is 0 Å². The largest absolute Gasteiger partial charge is 0.478 e. The number of morpholine rings is 1. The zero-order valence-electron chi connectivity index (χ0n) is 13.1. The Balaban J connectivity index is 0.000000196. The summed E-state index contributed by atoms with van der Waals surface area (Å²) in [6.07, 6.45) is 3.13. The minimum atomic E-state index is -0.972. The van der Waals surface area contributed by atoms with E-state index in [0.717, 1.165) is 0 Å². The van der Waals surface area contributed by atoms with Crippen LogP contribution in [0.4, 0.5) is 5.82 Å². The third-order valence-corrected chi connectivity index (χ3v) is 3.95. The van der Waals surface area contributed by atoms with Gasteiger partial charge in [0.05, 0.1) is 18.8 Å². The third-order valence-electron chi connectivity index (χ3n) is 3.32. The first-order chi connectivity index (χ1) is 12.0. The van der Waals surface area contributed by atoms with E-state index >= 15 is 0 Å². The van der Waals surface area contributed by atoms with Crippen molar-refractivity contribution in [2.24, 2.45) is 0 Å². The van der Waals surface area contributed by atoms with Crippen LogP contribution in [0.1, 0.15) is 20.7 Å². The summed E-state index contributed by atoms with van der Waals surface area (Å²) in [5.74, 6) is -1.38. The summed E-state index contributed by atoms with van der Waals surface area (Å²) in [6, 6.07) is 6.27. The quantitative estimate of drug-likeness (QED) is 0.741. The van der Waals surface area contributed by atoms with E-state index in [0.29, 0.717) is 36.7 Å². The Bertz CT molecular complexity index is 750. The lowest BCUT2D eigenvalue weighted by atomic mass is 10.2. The van der Waals surface area contributed by atoms with Gasteiger partial charge in [0, 0.05) is 25.5 Å². The molecule has 2 N–H and O–H groups in total. The molecule has 0 saturated carbocycles. The molecule has 132 valence electrons. The number of anilines is 1. The Morgan fingerprint density at radius 1 is 1.00 bits per heavy atom. The molecule has 0 radical (unpaired) electrons. The van der Waals surface area contributed by atoms with Gasteiger partial charge in [-0.1, -0.05) is 0 Å². The summed E-state index contributed by atoms with van der Waals surface area (Å²) in [4.78, 5) is 31.1. The molecule has 0 bridgehead atoms. The summed E-state index contributed by atoms with van der Waals surface area (Å²) in [5, 5.41) is 17.5. The van der Waals surface area contributed by atoms with Crippen molar-refractivity contribution in [2.45, 2.75) is 0 Å². The van der Waals surface area contributed by atoms with Crippen molar-refractivity contribution in [1.29, 1.82) is 0 Å². The number of carboxylic acid groups (broad SMARTS) is 2. The van der Waals surface area contributed by atoms with Crippen LogP contribution < -0.4 is 4.90 Å². The van der Waals surface area contributed by atoms with E-state index in [1.54, 1.807) is 24.4 Å². The zero-order chi connectivity index (χ0) is 18.2. The molecule has 0 spiro atoms. The van der Waals surface area contributed by atoms with Crippen LogP contribution >= 0.6 is 15.9 Å². The van der Waals surface area contributed by atoms with E-state index in [4.69, 9.17) is 14.9 Å². The number of hydrogen-bond acceptors (Lipinski definition) is 6. The highest BCUT2D eigenvalue weighted by atomic mass is 79.9. The molecule has 2 aromatic rings. The van der Waals surface area contributed by atoms with Crippen molar-refractivity contribution in [1.82, 2.24) is 9.97 Å². The van der Waals surface area contributed by atoms with Crippen molar-refractivity contribution in [2.75, 3.05) is 31.2 Å². The van der Waals surface area contributed by atoms with Crippen LogP contribution in [0.2, 0.25) is 0 Å². The fraction of sp³-hybridized carbons (Fsp3) is 0.250. The molecule has 1 aliphatic heterocycles. The molecule has 0 amide bonds. The number of carboxylic acids is 2. The number of hydrogen-bond donors (Lipinski definition) is 2. The minimum absolute atomic E-state index is 0.183. The number of aromatic carboxylic acids is 2. The predicted octanol–water partition coefficient (Wildman–Crippen LogP) is 2.16. The number of aromatic nitrogens is 2. The van der Waals surface area contributed by atoms with Crippen LogP contribution in [0, 0.1) is 0 Å². The smallest absolute Gasteiger partial charge is 0.339 e. The van der Waals surface area contributed by atoms with Gasteiger partial charge in [-0.2, -0.15) is 0 Å². The SMILES string of the molecule is O=C(O)c1cccnc1Br.O=C(O)c1cccnc1N1CCOCC1. The molecule has 0 aliphatic carbocycles. The van der Waals surface area contributed by atoms with E-state index in [1.807, 2.05) is 4.90 Å². The molecule has 2 aromatic heterocycles. The van der Waals surface area contributed by atoms with Gasteiger partial charge >= 0.3 is 11.9 Å². The van der Waals surface area contributed by atoms with Crippen LogP contribution in [0.3, 0.4) is 0 Å². The third kappa shape index (κ3) is 5.23. The van der Waals surface area contributed by atoms with Gasteiger partial charge < -0.3 is 19.8 Å². The summed E-state index contributed by atoms with van der Waals surface area (Å²) < 4.78 is 5.57. The maximum Gasteiger partial charge on any atom is 0.339 e. The molecule has 0 unspecified atom stereocenters. The zero-order valence-corrected chi connectivity index (χ0v) is 14.7. The Kier molecular flexibility index (Phi) is 6.84. The highest BCUT2D eigenvalue weighted by Crippen LogP contribution is 2.18. The van der Waals surface area contributed by atoms with Crippen molar-refractivity contribution in [3.05, 3.63) is 52.4 Å². The molecule has 3 rings (SSSR count). The average molecular weight is 410 g/mol. The maximum absolute atomic E-state index is 11.0. The number of rotatable bonds is 3. The average Bonchev–Trinajstić information content (AvgIpc) is 2.63. The highest BCUT2D eigenvalue weighted by Gasteiger charge is 2.18. The first kappa shape index (κ1) is 18.8. The Morgan fingerprint density at radius 2 is 1.56 bits per heavy atom. The molecule has 0 aromatic carbocycles. The Hall–Kier alpha value is -2.52. The number of halogens is 1. The second kappa shape index (κ2) is 9.09. The van der Waals surface area contributed by atoms with Crippen LogP contribution in [-0.2, 0) is 4.74 Å². The van der Waals surface area contributed by atoms with Gasteiger partial charge in [0.1, 0.15) is 16.0 Å². The van der Waals surface area contributed by atoms with E-state index in [1.165, 1.54) is 12.3 Å². The first-order valence-corrected chi connectivity index (χ1v) is 8.15. The molecular formula is C16H16BrN3O5. The summed E-state index contributed by atoms with van der Waals surface area (Å²) in [7, 11) is 0. The summed E-state index contributed by atoms with van der Waals surface area (Å²) in [6.45, 7) is 2.62. The number of ether oxygens (including phenoxy) is 1. The highest BCUT2D eigenvalue weighted by molar-refractivity contribution is 9.10. The van der Waals surface area contributed by atoms with Gasteiger partial charge in [-0.25, -0.2) is 19.6 Å². The maximum atomic E-state index is 11.0. The topological polar surface area (TPSA) is 113 Å². The lowest BCUT2D eigenvalue weighted by molar-refractivity contribution is 0.0685. The van der Waals surface area contributed by atoms with Crippen molar-refractivity contribution >= 4 is 33.7 Å². The van der Waals surface area contributed by atoms with Gasteiger partial charge in [0.25, 0.3) is 0 Å². The normalized spacial score (nSPS) is 13.6. The predicted molar refractivity (Wildman–Crippen MR) is 93.1 cm³/mol. The van der Waals surface area contributed by atoms with E-state index < -0.39 is 11.9 Å². The second-order valence-corrected chi connectivity index (χ2v) is 5.68. The lowest BCUT2D eigenvalue weighted by Gasteiger charge is -2.28. The molecule has 1 saturated heterocycles. The summed E-state index contributed by atoms with van der Waals surface area (Å²) in [5.41, 5.74) is 0.432. The van der Waals surface area contributed by atoms with Gasteiger partial charge in [-0.3, -0.25) is 0 Å². The van der Waals surface area contributed by atoms with Crippen molar-refractivity contribution in [3.63, 3.8) is 0 Å². The van der Waals surface area contributed by atoms with Crippen LogP contribution in [0.5, 0.6) is 0 Å². The van der Waals surface area contributed by atoms with Crippen LogP contribution in [0.15, 0.2) is 41.3 Å². The van der Waals surface area contributed by atoms with Gasteiger partial charge in [-0.05, 0) is 40.2 Å². The minimum Gasteiger partial charge on any atom is -0.478 e. The fourth-order valence-corrected chi connectivity index (χ4v) is 2.56. The Morgan fingerprint density at radius 3 is 2.08 bits per heavy atom. The summed E-state index contributed by atoms with van der Waals surface area (Å²) >= 11 is 3.00. The molecule has 25 heavy (non-hydrogen) atoms. The molecule has 9 heteroatoms. The van der Waals surface area contributed by atoms with Crippen LogP contribution in [0.25, 0.3) is 0 Å². The van der Waals surface area contributed by atoms with E-state index in [2.05, 4.69) is 25.9 Å². The van der Waals surface area contributed by atoms with E-state index in [-0.39, 0.29) is 11.1 Å². The first-order valence-electron chi connectivity index (χ1n) is 7.35. The fourth-order valence-electron chi connectivity index (χ4n) is 2.14. The monoisotopic (exact) mass is 409 g/mol. The van der Waals surface area contributed by atoms with Gasteiger partial charge in [-0.15, -0.1) is 0 Å². The molecule has 0 atom stereocenters. The molecule has 1 fully saturated rings. The second-order valence-electron chi connectivity index (χ2n) is 4.93. The van der Waals surface area contributed by atoms with Crippen LogP contribution in [-0.4, -0.2) is 58.4 Å². The lowest BCUT2D eigenvalue weighted by Crippen LogP contribution is -2.37. The van der Waals surface area contributed by atoms with Crippen molar-refractivity contribution < 1.29 is 24.5 Å².